The Labute approximate surface area is 64.4 Å². The molecule has 4 heteroatoms. The summed E-state index contributed by atoms with van der Waals surface area (Å²) < 4.78 is 5.27. The molecule has 2 N–H and O–H groups in total. The molecule has 0 saturated carbocycles. The lowest BCUT2D eigenvalue weighted by molar-refractivity contribution is 0.276. The van der Waals surface area contributed by atoms with E-state index >= 15 is 0 Å². The van der Waals surface area contributed by atoms with Crippen molar-refractivity contribution in [1.29, 1.82) is 0 Å². The van der Waals surface area contributed by atoms with E-state index in [-0.39, 0.29) is 0 Å². The van der Waals surface area contributed by atoms with Crippen LogP contribution < -0.4 is 10.5 Å². The van der Waals surface area contributed by atoms with E-state index in [4.69, 9.17) is 10.5 Å². The molecular weight excluding hydrogens is 142 g/mol. The minimum atomic E-state index is 0.551. The van der Waals surface area contributed by atoms with E-state index in [0.717, 1.165) is 25.0 Å². The highest BCUT2D eigenvalue weighted by Crippen LogP contribution is 2.24. The zero-order valence-corrected chi connectivity index (χ0v) is 6.08. The van der Waals surface area contributed by atoms with Crippen LogP contribution in [0.5, 0.6) is 5.88 Å². The quantitative estimate of drug-likeness (QED) is 0.582. The molecule has 0 radical (unpaired) electrons. The standard InChI is InChI=1S/C7H9N3O/c8-6-5-2-1-3-11-7(5)10-4-9-6/h4H,1-3H2,(H2,8,9,10). The summed E-state index contributed by atoms with van der Waals surface area (Å²) in [7, 11) is 0. The number of hydrogen-bond acceptors (Lipinski definition) is 4. The number of ether oxygens (including phenoxy) is 1. The maximum Gasteiger partial charge on any atom is 0.221 e. The number of rotatable bonds is 0. The normalized spacial score (nSPS) is 15.3. The Kier molecular flexibility index (Phi) is 1.38. The Morgan fingerprint density at radius 3 is 3.18 bits per heavy atom. The van der Waals surface area contributed by atoms with Crippen molar-refractivity contribution in [3.05, 3.63) is 11.9 Å². The first-order valence-corrected chi connectivity index (χ1v) is 3.60. The molecule has 0 fully saturated rings. The molecule has 0 spiro atoms. The molecule has 0 amide bonds. The molecule has 2 rings (SSSR count). The first kappa shape index (κ1) is 6.39. The molecule has 1 aliphatic heterocycles. The number of fused-ring (bicyclic) bond motifs is 1. The van der Waals surface area contributed by atoms with E-state index in [2.05, 4.69) is 9.97 Å². The van der Waals surface area contributed by atoms with Crippen LogP contribution in [0.4, 0.5) is 5.82 Å². The highest BCUT2D eigenvalue weighted by atomic mass is 16.5. The summed E-state index contributed by atoms with van der Waals surface area (Å²) in [6.45, 7) is 0.740. The second kappa shape index (κ2) is 2.38. The molecule has 58 valence electrons. The molecule has 4 nitrogen and oxygen atoms in total. The highest BCUT2D eigenvalue weighted by Gasteiger charge is 2.14. The SMILES string of the molecule is Nc1ncnc2c1CCCO2. The van der Waals surface area contributed by atoms with E-state index < -0.39 is 0 Å². The van der Waals surface area contributed by atoms with Crippen molar-refractivity contribution in [2.45, 2.75) is 12.8 Å². The molecule has 0 saturated heterocycles. The van der Waals surface area contributed by atoms with Gasteiger partial charge in [-0.15, -0.1) is 0 Å². The van der Waals surface area contributed by atoms with Gasteiger partial charge in [0, 0.05) is 0 Å². The van der Waals surface area contributed by atoms with Crippen LogP contribution in [0.3, 0.4) is 0 Å². The Morgan fingerprint density at radius 2 is 2.36 bits per heavy atom. The van der Waals surface area contributed by atoms with Crippen molar-refractivity contribution >= 4 is 5.82 Å². The summed E-state index contributed by atoms with van der Waals surface area (Å²) in [5.41, 5.74) is 6.57. The van der Waals surface area contributed by atoms with Crippen LogP contribution in [0.1, 0.15) is 12.0 Å². The van der Waals surface area contributed by atoms with Crippen LogP contribution in [0, 0.1) is 0 Å². The summed E-state index contributed by atoms with van der Waals surface area (Å²) in [6.07, 6.45) is 3.37. The lowest BCUT2D eigenvalue weighted by Gasteiger charge is -2.15. The molecule has 1 aromatic rings. The minimum Gasteiger partial charge on any atom is -0.477 e. The van der Waals surface area contributed by atoms with Gasteiger partial charge in [-0.1, -0.05) is 0 Å². The summed E-state index contributed by atoms with van der Waals surface area (Å²) in [4.78, 5) is 7.85. The van der Waals surface area contributed by atoms with Gasteiger partial charge in [-0.2, -0.15) is 0 Å². The summed E-state index contributed by atoms with van der Waals surface area (Å²) in [5, 5.41) is 0. The number of nitrogen functional groups attached to an aromatic ring is 1. The number of aromatic nitrogens is 2. The molecule has 0 aromatic carbocycles. The van der Waals surface area contributed by atoms with Crippen LogP contribution in [-0.2, 0) is 6.42 Å². The molecule has 1 aliphatic rings. The fraction of sp³-hybridized carbons (Fsp3) is 0.429. The van der Waals surface area contributed by atoms with Gasteiger partial charge < -0.3 is 10.5 Å². The average molecular weight is 151 g/mol. The van der Waals surface area contributed by atoms with Crippen molar-refractivity contribution in [3.8, 4) is 5.88 Å². The number of nitrogens with zero attached hydrogens (tertiary/aromatic N) is 2. The van der Waals surface area contributed by atoms with E-state index in [1.54, 1.807) is 0 Å². The maximum absolute atomic E-state index is 5.61. The van der Waals surface area contributed by atoms with Gasteiger partial charge in [0.2, 0.25) is 5.88 Å². The third-order valence-electron chi connectivity index (χ3n) is 1.75. The van der Waals surface area contributed by atoms with E-state index in [0.29, 0.717) is 11.7 Å². The lowest BCUT2D eigenvalue weighted by Crippen LogP contribution is -2.12. The summed E-state index contributed by atoms with van der Waals surface area (Å²) in [5.74, 6) is 1.21. The number of hydrogen-bond donors (Lipinski definition) is 1. The first-order chi connectivity index (χ1) is 5.38. The fourth-order valence-electron chi connectivity index (χ4n) is 1.19. The third kappa shape index (κ3) is 1.00. The van der Waals surface area contributed by atoms with Gasteiger partial charge in [-0.25, -0.2) is 9.97 Å². The van der Waals surface area contributed by atoms with Gasteiger partial charge in [-0.05, 0) is 12.8 Å². The second-order valence-corrected chi connectivity index (χ2v) is 2.49. The predicted octanol–water partition coefficient (Wildman–Crippen LogP) is 0.384. The average Bonchev–Trinajstić information content (AvgIpc) is 2.06. The predicted molar refractivity (Wildman–Crippen MR) is 40.3 cm³/mol. The molecule has 0 unspecified atom stereocenters. The number of nitrogens with two attached hydrogens (primary N) is 1. The molecule has 1 aromatic heterocycles. The highest BCUT2D eigenvalue weighted by molar-refractivity contribution is 5.45. The maximum atomic E-state index is 5.61. The van der Waals surface area contributed by atoms with Crippen molar-refractivity contribution in [2.24, 2.45) is 0 Å². The topological polar surface area (TPSA) is 61.0 Å². The Bertz CT molecular complexity index is 274. The van der Waals surface area contributed by atoms with Crippen molar-refractivity contribution in [3.63, 3.8) is 0 Å². The van der Waals surface area contributed by atoms with Gasteiger partial charge in [0.05, 0.1) is 12.2 Å². The minimum absolute atomic E-state index is 0.551. The van der Waals surface area contributed by atoms with Crippen LogP contribution in [0.25, 0.3) is 0 Å². The lowest BCUT2D eigenvalue weighted by atomic mass is 10.1. The first-order valence-electron chi connectivity index (χ1n) is 3.60. The zero-order chi connectivity index (χ0) is 7.68. The van der Waals surface area contributed by atoms with Crippen molar-refractivity contribution in [2.75, 3.05) is 12.3 Å². The molecule has 0 atom stereocenters. The summed E-state index contributed by atoms with van der Waals surface area (Å²) in [6, 6.07) is 0. The zero-order valence-electron chi connectivity index (χ0n) is 6.08. The van der Waals surface area contributed by atoms with E-state index in [9.17, 15) is 0 Å². The molecule has 0 aliphatic carbocycles. The molecule has 11 heavy (non-hydrogen) atoms. The van der Waals surface area contributed by atoms with Gasteiger partial charge >= 0.3 is 0 Å². The van der Waals surface area contributed by atoms with Gasteiger partial charge in [-0.3, -0.25) is 0 Å². The van der Waals surface area contributed by atoms with Crippen molar-refractivity contribution < 1.29 is 4.74 Å². The number of anilines is 1. The van der Waals surface area contributed by atoms with Crippen LogP contribution in [0.2, 0.25) is 0 Å². The second-order valence-electron chi connectivity index (χ2n) is 2.49. The van der Waals surface area contributed by atoms with Crippen molar-refractivity contribution in [1.82, 2.24) is 9.97 Å². The van der Waals surface area contributed by atoms with Gasteiger partial charge in [0.1, 0.15) is 12.1 Å². The summed E-state index contributed by atoms with van der Waals surface area (Å²) >= 11 is 0. The Balaban J connectivity index is 2.49. The van der Waals surface area contributed by atoms with E-state index in [1.807, 2.05) is 0 Å². The monoisotopic (exact) mass is 151 g/mol. The van der Waals surface area contributed by atoms with E-state index in [1.165, 1.54) is 6.33 Å². The van der Waals surface area contributed by atoms with Crippen LogP contribution >= 0.6 is 0 Å². The van der Waals surface area contributed by atoms with Crippen LogP contribution in [0.15, 0.2) is 6.33 Å². The molecular formula is C7H9N3O. The smallest absolute Gasteiger partial charge is 0.221 e. The fourth-order valence-corrected chi connectivity index (χ4v) is 1.19. The van der Waals surface area contributed by atoms with Gasteiger partial charge in [0.25, 0.3) is 0 Å². The molecule has 2 heterocycles. The largest absolute Gasteiger partial charge is 0.477 e. The third-order valence-corrected chi connectivity index (χ3v) is 1.75. The van der Waals surface area contributed by atoms with Gasteiger partial charge in [0.15, 0.2) is 0 Å². The Hall–Kier alpha value is -1.32. The Morgan fingerprint density at radius 1 is 1.45 bits per heavy atom. The van der Waals surface area contributed by atoms with Crippen LogP contribution in [-0.4, -0.2) is 16.6 Å². The molecule has 0 bridgehead atoms.